The van der Waals surface area contributed by atoms with E-state index in [0.29, 0.717) is 32.2 Å². The Bertz CT molecular complexity index is 1350. The quantitative estimate of drug-likeness (QED) is 0.368. The highest BCUT2D eigenvalue weighted by atomic mass is 32.2. The molecule has 2 aliphatic rings. The Morgan fingerprint density at radius 3 is 2.69 bits per heavy atom. The van der Waals surface area contributed by atoms with Crippen LogP contribution in [-0.4, -0.2) is 29.5 Å². The number of amides is 2. The van der Waals surface area contributed by atoms with Crippen molar-refractivity contribution in [1.29, 1.82) is 0 Å². The molecule has 1 fully saturated rings. The van der Waals surface area contributed by atoms with Crippen LogP contribution in [0.3, 0.4) is 0 Å². The molecule has 35 heavy (non-hydrogen) atoms. The van der Waals surface area contributed by atoms with E-state index in [4.69, 9.17) is 26.4 Å². The summed E-state index contributed by atoms with van der Waals surface area (Å²) in [4.78, 5) is 27.2. The first-order chi connectivity index (χ1) is 17.0. The Hall–Kier alpha value is -3.82. The van der Waals surface area contributed by atoms with Gasteiger partial charge in [-0.3, -0.25) is 14.5 Å². The van der Waals surface area contributed by atoms with Crippen LogP contribution in [0.15, 0.2) is 71.6 Å². The average molecular weight is 505 g/mol. The van der Waals surface area contributed by atoms with Gasteiger partial charge in [0.05, 0.1) is 10.6 Å². The number of nitrogens with one attached hydrogen (secondary N) is 1. The second-order valence-electron chi connectivity index (χ2n) is 7.78. The number of nitrogens with zero attached hydrogens (tertiary/aromatic N) is 1. The molecule has 1 N–H and O–H groups in total. The third-order valence-corrected chi connectivity index (χ3v) is 6.68. The van der Waals surface area contributed by atoms with Gasteiger partial charge in [-0.2, -0.15) is 0 Å². The van der Waals surface area contributed by atoms with Crippen LogP contribution >= 0.6 is 24.0 Å². The molecule has 0 saturated carbocycles. The van der Waals surface area contributed by atoms with Gasteiger partial charge in [-0.1, -0.05) is 54.3 Å². The van der Waals surface area contributed by atoms with Crippen LogP contribution in [-0.2, 0) is 9.59 Å². The molecule has 9 heteroatoms. The van der Waals surface area contributed by atoms with Crippen molar-refractivity contribution in [3.8, 4) is 17.2 Å². The van der Waals surface area contributed by atoms with Crippen molar-refractivity contribution in [3.05, 3.63) is 82.8 Å². The summed E-state index contributed by atoms with van der Waals surface area (Å²) in [5.41, 5.74) is 3.18. The number of hydrogen-bond donors (Lipinski definition) is 1. The van der Waals surface area contributed by atoms with Crippen LogP contribution in [0.4, 0.5) is 11.4 Å². The number of hydrogen-bond acceptors (Lipinski definition) is 7. The molecule has 0 bridgehead atoms. The second-order valence-corrected chi connectivity index (χ2v) is 9.45. The molecule has 0 aliphatic carbocycles. The van der Waals surface area contributed by atoms with E-state index in [1.807, 2.05) is 43.3 Å². The molecule has 0 spiro atoms. The highest BCUT2D eigenvalue weighted by molar-refractivity contribution is 8.27. The van der Waals surface area contributed by atoms with E-state index in [9.17, 15) is 9.59 Å². The lowest BCUT2D eigenvalue weighted by molar-refractivity contribution is -0.118. The normalized spacial score (nSPS) is 15.6. The van der Waals surface area contributed by atoms with Gasteiger partial charge in [0.15, 0.2) is 22.4 Å². The summed E-state index contributed by atoms with van der Waals surface area (Å²) in [5.74, 6) is 1.34. The van der Waals surface area contributed by atoms with E-state index in [0.717, 1.165) is 16.8 Å². The zero-order chi connectivity index (χ0) is 24.4. The van der Waals surface area contributed by atoms with Crippen molar-refractivity contribution in [3.63, 3.8) is 0 Å². The molecule has 1 saturated heterocycles. The Morgan fingerprint density at radius 1 is 1.11 bits per heavy atom. The van der Waals surface area contributed by atoms with E-state index in [1.165, 1.54) is 16.7 Å². The molecule has 0 radical (unpaired) electrons. The number of aryl methyl sites for hydroxylation is 1. The van der Waals surface area contributed by atoms with E-state index >= 15 is 0 Å². The predicted octanol–water partition coefficient (Wildman–Crippen LogP) is 5.15. The third kappa shape index (κ3) is 5.01. The topological polar surface area (TPSA) is 77.1 Å². The van der Waals surface area contributed by atoms with Crippen LogP contribution in [0.5, 0.6) is 17.2 Å². The standard InChI is InChI=1S/C26H20N2O5S2/c1-16-4-2-3-5-20(16)27-24(29)14-31-19-9-6-17(7-10-19)12-23-25(30)28(26(34)35-23)18-8-11-21-22(13-18)33-15-32-21/h2-13H,14-15H2,1H3,(H,27,29)/b23-12-. The molecule has 3 aromatic rings. The summed E-state index contributed by atoms with van der Waals surface area (Å²) >= 11 is 6.69. The average Bonchev–Trinajstić information content (AvgIpc) is 3.43. The van der Waals surface area contributed by atoms with Gasteiger partial charge < -0.3 is 19.5 Å². The summed E-state index contributed by atoms with van der Waals surface area (Å²) in [6.07, 6.45) is 1.78. The molecule has 0 aromatic heterocycles. The number of benzene rings is 3. The van der Waals surface area contributed by atoms with Crippen LogP contribution in [0.2, 0.25) is 0 Å². The minimum absolute atomic E-state index is 0.109. The van der Waals surface area contributed by atoms with Crippen molar-refractivity contribution in [2.75, 3.05) is 23.6 Å². The first kappa shape index (κ1) is 22.9. The zero-order valence-electron chi connectivity index (χ0n) is 18.6. The number of thioether (sulfide) groups is 1. The van der Waals surface area contributed by atoms with Gasteiger partial charge in [0.2, 0.25) is 6.79 Å². The Labute approximate surface area is 211 Å². The predicted molar refractivity (Wildman–Crippen MR) is 140 cm³/mol. The van der Waals surface area contributed by atoms with Gasteiger partial charge in [-0.25, -0.2) is 0 Å². The largest absolute Gasteiger partial charge is 0.484 e. The summed E-state index contributed by atoms with van der Waals surface area (Å²) in [6.45, 7) is 1.98. The molecule has 176 valence electrons. The summed E-state index contributed by atoms with van der Waals surface area (Å²) < 4.78 is 16.8. The monoisotopic (exact) mass is 504 g/mol. The van der Waals surface area contributed by atoms with Gasteiger partial charge in [-0.05, 0) is 54.5 Å². The van der Waals surface area contributed by atoms with Crippen molar-refractivity contribution in [1.82, 2.24) is 0 Å². The third-order valence-electron chi connectivity index (χ3n) is 5.38. The molecular formula is C26H20N2O5S2. The van der Waals surface area contributed by atoms with E-state index < -0.39 is 0 Å². The van der Waals surface area contributed by atoms with Gasteiger partial charge in [-0.15, -0.1) is 0 Å². The zero-order valence-corrected chi connectivity index (χ0v) is 20.3. The Kier molecular flexibility index (Phi) is 6.43. The molecule has 7 nitrogen and oxygen atoms in total. The molecule has 2 aliphatic heterocycles. The van der Waals surface area contributed by atoms with Gasteiger partial charge in [0, 0.05) is 11.8 Å². The highest BCUT2D eigenvalue weighted by Crippen LogP contribution is 2.40. The second kappa shape index (κ2) is 9.81. The van der Waals surface area contributed by atoms with Crippen LogP contribution < -0.4 is 24.4 Å². The van der Waals surface area contributed by atoms with Gasteiger partial charge >= 0.3 is 0 Å². The van der Waals surface area contributed by atoms with E-state index in [-0.39, 0.29) is 25.2 Å². The molecule has 0 atom stereocenters. The number of thiocarbonyl (C=S) groups is 1. The summed E-state index contributed by atoms with van der Waals surface area (Å²) in [5, 5.41) is 2.84. The van der Waals surface area contributed by atoms with Crippen molar-refractivity contribution in [2.24, 2.45) is 0 Å². The minimum atomic E-state index is -0.240. The van der Waals surface area contributed by atoms with Crippen molar-refractivity contribution in [2.45, 2.75) is 6.92 Å². The molecule has 3 aromatic carbocycles. The number of para-hydroxylation sites is 1. The Balaban J connectivity index is 1.22. The van der Waals surface area contributed by atoms with Crippen molar-refractivity contribution >= 4 is 57.6 Å². The SMILES string of the molecule is Cc1ccccc1NC(=O)COc1ccc(/C=C2\SC(=S)N(c3ccc4c(c3)OCO4)C2=O)cc1. The lowest BCUT2D eigenvalue weighted by atomic mass is 10.2. The lowest BCUT2D eigenvalue weighted by Gasteiger charge is -2.14. The smallest absolute Gasteiger partial charge is 0.270 e. The molecule has 0 unspecified atom stereocenters. The number of rotatable bonds is 6. The molecular weight excluding hydrogens is 484 g/mol. The maximum Gasteiger partial charge on any atom is 0.270 e. The molecule has 2 heterocycles. The highest BCUT2D eigenvalue weighted by Gasteiger charge is 2.34. The van der Waals surface area contributed by atoms with E-state index in [2.05, 4.69) is 5.32 Å². The van der Waals surface area contributed by atoms with Crippen LogP contribution in [0.1, 0.15) is 11.1 Å². The number of carbonyl (C=O) groups is 2. The summed E-state index contributed by atoms with van der Waals surface area (Å²) in [6, 6.07) is 20.0. The fourth-order valence-electron chi connectivity index (χ4n) is 3.57. The van der Waals surface area contributed by atoms with E-state index in [1.54, 1.807) is 36.4 Å². The maximum absolute atomic E-state index is 13.0. The van der Waals surface area contributed by atoms with Crippen LogP contribution in [0, 0.1) is 6.92 Å². The Morgan fingerprint density at radius 2 is 1.89 bits per heavy atom. The fourth-order valence-corrected chi connectivity index (χ4v) is 4.87. The van der Waals surface area contributed by atoms with Gasteiger partial charge in [0.1, 0.15) is 5.75 Å². The number of anilines is 2. The van der Waals surface area contributed by atoms with Crippen molar-refractivity contribution < 1.29 is 23.8 Å². The number of fused-ring (bicyclic) bond motifs is 1. The maximum atomic E-state index is 13.0. The van der Waals surface area contributed by atoms with Crippen LogP contribution in [0.25, 0.3) is 6.08 Å². The molecule has 5 rings (SSSR count). The van der Waals surface area contributed by atoms with Gasteiger partial charge in [0.25, 0.3) is 11.8 Å². The summed E-state index contributed by atoms with van der Waals surface area (Å²) in [7, 11) is 0. The lowest BCUT2D eigenvalue weighted by Crippen LogP contribution is -2.27. The number of ether oxygens (including phenoxy) is 3. The first-order valence-corrected chi connectivity index (χ1v) is 12.0. The first-order valence-electron chi connectivity index (χ1n) is 10.7. The molecule has 2 amide bonds. The minimum Gasteiger partial charge on any atom is -0.484 e. The fraction of sp³-hybridized carbons (Fsp3) is 0.115. The number of carbonyl (C=O) groups excluding carboxylic acids is 2.